The zero-order valence-corrected chi connectivity index (χ0v) is 11.9. The van der Waals surface area contributed by atoms with E-state index in [1.807, 2.05) is 48.5 Å². The lowest BCUT2D eigenvalue weighted by Gasteiger charge is -2.13. The first kappa shape index (κ1) is 13.5. The monoisotopic (exact) mass is 288 g/mol. The van der Waals surface area contributed by atoms with Crippen LogP contribution < -0.4 is 4.74 Å². The lowest BCUT2D eigenvalue weighted by atomic mass is 10.0. The van der Waals surface area contributed by atoms with E-state index < -0.39 is 6.10 Å². The molecule has 0 aliphatic heterocycles. The molecule has 104 valence electrons. The quantitative estimate of drug-likeness (QED) is 0.895. The van der Waals surface area contributed by atoms with Gasteiger partial charge in [-0.1, -0.05) is 41.9 Å². The third-order valence-electron chi connectivity index (χ3n) is 3.44. The summed E-state index contributed by atoms with van der Waals surface area (Å²) in [6.45, 7) is 0. The van der Waals surface area contributed by atoms with Gasteiger partial charge in [-0.05, 0) is 42.2 Å². The fourth-order valence-electron chi connectivity index (χ4n) is 2.16. The van der Waals surface area contributed by atoms with Crippen LogP contribution in [0.1, 0.15) is 30.1 Å². The van der Waals surface area contributed by atoms with Crippen molar-refractivity contribution in [2.75, 3.05) is 0 Å². The molecule has 0 radical (unpaired) electrons. The van der Waals surface area contributed by atoms with Crippen LogP contribution in [-0.2, 0) is 6.42 Å². The molecular formula is C17H17ClO2. The van der Waals surface area contributed by atoms with E-state index in [-0.39, 0.29) is 0 Å². The average molecular weight is 289 g/mol. The minimum absolute atomic E-state index is 0.367. The van der Waals surface area contributed by atoms with Gasteiger partial charge in [0, 0.05) is 11.4 Å². The first-order chi connectivity index (χ1) is 9.72. The van der Waals surface area contributed by atoms with E-state index in [4.69, 9.17) is 16.3 Å². The van der Waals surface area contributed by atoms with Gasteiger partial charge in [-0.15, -0.1) is 0 Å². The van der Waals surface area contributed by atoms with Gasteiger partial charge in [0.05, 0.1) is 12.2 Å². The summed E-state index contributed by atoms with van der Waals surface area (Å²) in [7, 11) is 0. The third-order valence-corrected chi connectivity index (χ3v) is 3.81. The van der Waals surface area contributed by atoms with Crippen LogP contribution >= 0.6 is 11.6 Å². The largest absolute Gasteiger partial charge is 0.490 e. The molecule has 2 aromatic rings. The number of rotatable bonds is 5. The highest BCUT2D eigenvalue weighted by atomic mass is 35.5. The Morgan fingerprint density at radius 3 is 2.70 bits per heavy atom. The molecule has 1 fully saturated rings. The highest BCUT2D eigenvalue weighted by Gasteiger charge is 2.23. The molecule has 0 spiro atoms. The average Bonchev–Trinajstić information content (AvgIpc) is 3.25. The number of ether oxygens (including phenoxy) is 1. The lowest BCUT2D eigenvalue weighted by molar-refractivity contribution is 0.177. The Balaban J connectivity index is 1.72. The van der Waals surface area contributed by atoms with Crippen molar-refractivity contribution in [1.82, 2.24) is 0 Å². The van der Waals surface area contributed by atoms with Crippen molar-refractivity contribution in [1.29, 1.82) is 0 Å². The molecule has 3 rings (SSSR count). The molecule has 1 N–H and O–H groups in total. The number of halogens is 1. The molecular weight excluding hydrogens is 272 g/mol. The van der Waals surface area contributed by atoms with Crippen molar-refractivity contribution in [2.45, 2.75) is 31.5 Å². The van der Waals surface area contributed by atoms with Crippen molar-refractivity contribution in [3.63, 3.8) is 0 Å². The van der Waals surface area contributed by atoms with E-state index in [1.54, 1.807) is 0 Å². The Kier molecular flexibility index (Phi) is 3.95. The number of aliphatic hydroxyl groups excluding tert-OH is 1. The smallest absolute Gasteiger partial charge is 0.120 e. The second-order valence-electron chi connectivity index (χ2n) is 5.20. The van der Waals surface area contributed by atoms with Gasteiger partial charge in [-0.2, -0.15) is 0 Å². The van der Waals surface area contributed by atoms with Gasteiger partial charge in [0.15, 0.2) is 0 Å². The van der Waals surface area contributed by atoms with Gasteiger partial charge in [0.25, 0.3) is 0 Å². The van der Waals surface area contributed by atoms with Crippen LogP contribution in [0, 0.1) is 0 Å². The van der Waals surface area contributed by atoms with Crippen molar-refractivity contribution in [2.24, 2.45) is 0 Å². The second kappa shape index (κ2) is 5.86. The molecule has 0 aromatic heterocycles. The Morgan fingerprint density at radius 1 is 1.15 bits per heavy atom. The molecule has 2 nitrogen and oxygen atoms in total. The molecule has 1 atom stereocenters. The Morgan fingerprint density at radius 2 is 1.95 bits per heavy atom. The summed E-state index contributed by atoms with van der Waals surface area (Å²) >= 11 is 6.13. The molecule has 0 heterocycles. The van der Waals surface area contributed by atoms with Crippen LogP contribution in [0.25, 0.3) is 0 Å². The molecule has 3 heteroatoms. The molecule has 0 bridgehead atoms. The van der Waals surface area contributed by atoms with Crippen LogP contribution in [-0.4, -0.2) is 11.2 Å². The normalized spacial score (nSPS) is 15.9. The molecule has 1 aliphatic carbocycles. The second-order valence-corrected chi connectivity index (χ2v) is 5.61. The first-order valence-electron chi connectivity index (χ1n) is 6.90. The summed E-state index contributed by atoms with van der Waals surface area (Å²) in [5, 5.41) is 11.0. The van der Waals surface area contributed by atoms with Gasteiger partial charge >= 0.3 is 0 Å². The number of hydrogen-bond acceptors (Lipinski definition) is 2. The van der Waals surface area contributed by atoms with Gasteiger partial charge < -0.3 is 9.84 Å². The highest BCUT2D eigenvalue weighted by molar-refractivity contribution is 6.31. The van der Waals surface area contributed by atoms with Crippen molar-refractivity contribution < 1.29 is 9.84 Å². The van der Waals surface area contributed by atoms with Crippen LogP contribution in [0.2, 0.25) is 5.02 Å². The van der Waals surface area contributed by atoms with Crippen molar-refractivity contribution in [3.05, 3.63) is 64.7 Å². The topological polar surface area (TPSA) is 29.5 Å². The third kappa shape index (κ3) is 3.33. The van der Waals surface area contributed by atoms with Crippen molar-refractivity contribution in [3.8, 4) is 5.75 Å². The van der Waals surface area contributed by atoms with E-state index in [0.717, 1.165) is 29.7 Å². The van der Waals surface area contributed by atoms with Gasteiger partial charge in [-0.25, -0.2) is 0 Å². The SMILES string of the molecule is OC(Cc1ccccc1Cl)c1cccc(OC2CC2)c1. The minimum Gasteiger partial charge on any atom is -0.490 e. The maximum absolute atomic E-state index is 10.4. The highest BCUT2D eigenvalue weighted by Crippen LogP contribution is 2.29. The van der Waals surface area contributed by atoms with E-state index in [0.29, 0.717) is 17.5 Å². The fourth-order valence-corrected chi connectivity index (χ4v) is 2.38. The first-order valence-corrected chi connectivity index (χ1v) is 7.28. The molecule has 1 aliphatic rings. The molecule has 0 amide bonds. The van der Waals surface area contributed by atoms with Crippen LogP contribution in [0.5, 0.6) is 5.75 Å². The Bertz CT molecular complexity index is 593. The zero-order chi connectivity index (χ0) is 13.9. The van der Waals surface area contributed by atoms with E-state index in [2.05, 4.69) is 0 Å². The molecule has 2 aromatic carbocycles. The van der Waals surface area contributed by atoms with E-state index in [1.165, 1.54) is 0 Å². The van der Waals surface area contributed by atoms with Crippen LogP contribution in [0.15, 0.2) is 48.5 Å². The number of hydrogen-bond donors (Lipinski definition) is 1. The standard InChI is InChI=1S/C17H17ClO2/c18-16-7-2-1-4-12(16)11-17(19)13-5-3-6-15(10-13)20-14-8-9-14/h1-7,10,14,17,19H,8-9,11H2. The summed E-state index contributed by atoms with van der Waals surface area (Å²) in [6.07, 6.45) is 2.56. The lowest BCUT2D eigenvalue weighted by Crippen LogP contribution is -2.03. The van der Waals surface area contributed by atoms with E-state index >= 15 is 0 Å². The predicted octanol–water partition coefficient (Wildman–Crippen LogP) is 4.16. The maximum Gasteiger partial charge on any atom is 0.120 e. The van der Waals surface area contributed by atoms with Crippen LogP contribution in [0.3, 0.4) is 0 Å². The van der Waals surface area contributed by atoms with Crippen LogP contribution in [0.4, 0.5) is 0 Å². The summed E-state index contributed by atoms with van der Waals surface area (Å²) in [6, 6.07) is 15.3. The minimum atomic E-state index is -0.572. The summed E-state index contributed by atoms with van der Waals surface area (Å²) in [5.41, 5.74) is 1.82. The maximum atomic E-state index is 10.4. The summed E-state index contributed by atoms with van der Waals surface area (Å²) in [5.74, 6) is 0.836. The predicted molar refractivity (Wildman–Crippen MR) is 80.2 cm³/mol. The number of aliphatic hydroxyl groups is 1. The molecule has 1 saturated carbocycles. The van der Waals surface area contributed by atoms with Gasteiger partial charge in [0.1, 0.15) is 5.75 Å². The van der Waals surface area contributed by atoms with Crippen molar-refractivity contribution >= 4 is 11.6 Å². The Hall–Kier alpha value is -1.51. The summed E-state index contributed by atoms with van der Waals surface area (Å²) in [4.78, 5) is 0. The Labute approximate surface area is 124 Å². The van der Waals surface area contributed by atoms with Gasteiger partial charge in [0.2, 0.25) is 0 Å². The zero-order valence-electron chi connectivity index (χ0n) is 11.1. The molecule has 0 saturated heterocycles. The number of benzene rings is 2. The van der Waals surface area contributed by atoms with Gasteiger partial charge in [-0.3, -0.25) is 0 Å². The molecule has 20 heavy (non-hydrogen) atoms. The van der Waals surface area contributed by atoms with E-state index in [9.17, 15) is 5.11 Å². The fraction of sp³-hybridized carbons (Fsp3) is 0.294. The molecule has 1 unspecified atom stereocenters. The summed E-state index contributed by atoms with van der Waals surface area (Å²) < 4.78 is 5.75.